The Morgan fingerprint density at radius 3 is 2.32 bits per heavy atom. The van der Waals surface area contributed by atoms with Crippen LogP contribution in [0.2, 0.25) is 0 Å². The largest absolute Gasteiger partial charge is 0.494 e. The molecule has 0 aliphatic carbocycles. The lowest BCUT2D eigenvalue weighted by Crippen LogP contribution is -2.23. The number of methoxy groups -OCH3 is 1. The Labute approximate surface area is 163 Å². The number of aryl methyl sites for hydroxylation is 1. The third-order valence-corrected chi connectivity index (χ3v) is 4.67. The van der Waals surface area contributed by atoms with Gasteiger partial charge in [-0.1, -0.05) is 43.3 Å². The van der Waals surface area contributed by atoms with Crippen molar-refractivity contribution in [1.82, 2.24) is 9.55 Å². The molecule has 0 bridgehead atoms. The number of nitrogens with one attached hydrogen (secondary N) is 1. The van der Waals surface area contributed by atoms with Crippen molar-refractivity contribution >= 4 is 22.5 Å². The van der Waals surface area contributed by atoms with Gasteiger partial charge in [0.1, 0.15) is 11.3 Å². The average Bonchev–Trinajstić information content (AvgIpc) is 2.75. The number of nitrogens with zero attached hydrogens (tertiary/aromatic N) is 2. The van der Waals surface area contributed by atoms with Gasteiger partial charge in [0.2, 0.25) is 5.95 Å². The fourth-order valence-electron chi connectivity index (χ4n) is 3.23. The second kappa shape index (κ2) is 7.56. The van der Waals surface area contributed by atoms with E-state index in [1.807, 2.05) is 72.8 Å². The van der Waals surface area contributed by atoms with E-state index in [2.05, 4.69) is 12.2 Å². The third-order valence-electron chi connectivity index (χ3n) is 4.67. The van der Waals surface area contributed by atoms with E-state index in [1.165, 1.54) is 0 Å². The summed E-state index contributed by atoms with van der Waals surface area (Å²) in [5.41, 5.74) is 3.05. The standard InChI is InChI=1S/C23H21N3O2/c1-3-16-14-19-21(20(15-16)28-2)25-23(24-17-10-6-4-7-11-17)26(22(19)27)18-12-8-5-9-13-18/h4-15H,3H2,1-2H3,(H,24,25). The molecule has 0 atom stereocenters. The van der Waals surface area contributed by atoms with Crippen molar-refractivity contribution in [2.24, 2.45) is 0 Å². The molecule has 28 heavy (non-hydrogen) atoms. The minimum absolute atomic E-state index is 0.136. The van der Waals surface area contributed by atoms with Gasteiger partial charge in [-0.15, -0.1) is 0 Å². The molecular weight excluding hydrogens is 350 g/mol. The van der Waals surface area contributed by atoms with Crippen LogP contribution in [0.15, 0.2) is 77.6 Å². The van der Waals surface area contributed by atoms with Crippen molar-refractivity contribution < 1.29 is 4.74 Å². The van der Waals surface area contributed by atoms with Crippen molar-refractivity contribution in [1.29, 1.82) is 0 Å². The van der Waals surface area contributed by atoms with E-state index < -0.39 is 0 Å². The van der Waals surface area contributed by atoms with E-state index in [-0.39, 0.29) is 5.56 Å². The quantitative estimate of drug-likeness (QED) is 0.552. The molecule has 0 aliphatic rings. The highest BCUT2D eigenvalue weighted by Gasteiger charge is 2.16. The predicted molar refractivity (Wildman–Crippen MR) is 113 cm³/mol. The Bertz CT molecular complexity index is 1170. The van der Waals surface area contributed by atoms with Crippen LogP contribution in [0, 0.1) is 0 Å². The summed E-state index contributed by atoms with van der Waals surface area (Å²) in [5, 5.41) is 3.82. The van der Waals surface area contributed by atoms with Gasteiger partial charge < -0.3 is 10.1 Å². The number of para-hydroxylation sites is 2. The molecule has 4 aromatic rings. The van der Waals surface area contributed by atoms with Crippen LogP contribution >= 0.6 is 0 Å². The predicted octanol–water partition coefficient (Wildman–Crippen LogP) is 4.70. The summed E-state index contributed by atoms with van der Waals surface area (Å²) in [7, 11) is 1.60. The highest BCUT2D eigenvalue weighted by Crippen LogP contribution is 2.27. The first-order chi connectivity index (χ1) is 13.7. The summed E-state index contributed by atoms with van der Waals surface area (Å²) in [6, 6.07) is 23.0. The zero-order valence-corrected chi connectivity index (χ0v) is 15.8. The van der Waals surface area contributed by atoms with E-state index >= 15 is 0 Å². The lowest BCUT2D eigenvalue weighted by atomic mass is 10.1. The summed E-state index contributed by atoms with van der Waals surface area (Å²) >= 11 is 0. The Morgan fingerprint density at radius 1 is 1.00 bits per heavy atom. The molecule has 0 unspecified atom stereocenters. The fourth-order valence-corrected chi connectivity index (χ4v) is 3.23. The number of fused-ring (bicyclic) bond motifs is 1. The van der Waals surface area contributed by atoms with Crippen molar-refractivity contribution in [3.8, 4) is 11.4 Å². The second-order valence-corrected chi connectivity index (χ2v) is 6.45. The molecule has 0 spiro atoms. The number of anilines is 2. The number of ether oxygens (including phenoxy) is 1. The Balaban J connectivity index is 2.04. The van der Waals surface area contributed by atoms with Gasteiger partial charge in [-0.2, -0.15) is 0 Å². The molecular formula is C23H21N3O2. The molecule has 5 nitrogen and oxygen atoms in total. The lowest BCUT2D eigenvalue weighted by molar-refractivity contribution is 0.418. The van der Waals surface area contributed by atoms with Crippen LogP contribution in [-0.4, -0.2) is 16.7 Å². The molecule has 0 aliphatic heterocycles. The minimum atomic E-state index is -0.136. The average molecular weight is 371 g/mol. The van der Waals surface area contributed by atoms with E-state index in [1.54, 1.807) is 11.7 Å². The maximum Gasteiger partial charge on any atom is 0.267 e. The van der Waals surface area contributed by atoms with Crippen LogP contribution < -0.4 is 15.6 Å². The number of hydrogen-bond acceptors (Lipinski definition) is 4. The molecule has 0 fully saturated rings. The summed E-state index contributed by atoms with van der Waals surface area (Å²) < 4.78 is 7.14. The van der Waals surface area contributed by atoms with Gasteiger partial charge in [-0.25, -0.2) is 9.55 Å². The van der Waals surface area contributed by atoms with Gasteiger partial charge in [-0.3, -0.25) is 4.79 Å². The summed E-state index contributed by atoms with van der Waals surface area (Å²) in [6.45, 7) is 2.05. The van der Waals surface area contributed by atoms with Crippen LogP contribution in [0.25, 0.3) is 16.6 Å². The third kappa shape index (κ3) is 3.22. The van der Waals surface area contributed by atoms with E-state index in [9.17, 15) is 4.79 Å². The molecule has 140 valence electrons. The molecule has 0 radical (unpaired) electrons. The van der Waals surface area contributed by atoms with Crippen molar-refractivity contribution in [2.75, 3.05) is 12.4 Å². The first-order valence-corrected chi connectivity index (χ1v) is 9.22. The number of benzene rings is 3. The fraction of sp³-hybridized carbons (Fsp3) is 0.130. The summed E-state index contributed by atoms with van der Waals surface area (Å²) in [4.78, 5) is 18.3. The van der Waals surface area contributed by atoms with Crippen molar-refractivity contribution in [3.63, 3.8) is 0 Å². The molecule has 0 amide bonds. The first-order valence-electron chi connectivity index (χ1n) is 9.22. The molecule has 1 heterocycles. The number of hydrogen-bond donors (Lipinski definition) is 1. The summed E-state index contributed by atoms with van der Waals surface area (Å²) in [6.07, 6.45) is 0.807. The molecule has 4 rings (SSSR count). The normalized spacial score (nSPS) is 10.8. The SMILES string of the molecule is CCc1cc(OC)c2nc(Nc3ccccc3)n(-c3ccccc3)c(=O)c2c1. The highest BCUT2D eigenvalue weighted by atomic mass is 16.5. The van der Waals surface area contributed by atoms with E-state index in [0.29, 0.717) is 22.6 Å². The monoisotopic (exact) mass is 371 g/mol. The van der Waals surface area contributed by atoms with Gasteiger partial charge in [0, 0.05) is 5.69 Å². The maximum atomic E-state index is 13.5. The number of aromatic nitrogens is 2. The Kier molecular flexibility index (Phi) is 4.81. The van der Waals surface area contributed by atoms with E-state index in [4.69, 9.17) is 9.72 Å². The van der Waals surface area contributed by atoms with Crippen LogP contribution in [0.3, 0.4) is 0 Å². The molecule has 3 aromatic carbocycles. The van der Waals surface area contributed by atoms with Crippen LogP contribution in [0.4, 0.5) is 11.6 Å². The van der Waals surface area contributed by atoms with Gasteiger partial charge in [0.15, 0.2) is 0 Å². The second-order valence-electron chi connectivity index (χ2n) is 6.45. The molecule has 1 N–H and O–H groups in total. The Hall–Kier alpha value is -3.60. The topological polar surface area (TPSA) is 56.1 Å². The highest BCUT2D eigenvalue weighted by molar-refractivity contribution is 5.86. The van der Waals surface area contributed by atoms with Gasteiger partial charge in [0.05, 0.1) is 18.2 Å². The zero-order valence-electron chi connectivity index (χ0n) is 15.8. The van der Waals surface area contributed by atoms with Crippen LogP contribution in [0.5, 0.6) is 5.75 Å². The lowest BCUT2D eigenvalue weighted by Gasteiger charge is -2.16. The van der Waals surface area contributed by atoms with Gasteiger partial charge in [-0.05, 0) is 48.4 Å². The van der Waals surface area contributed by atoms with Crippen LogP contribution in [-0.2, 0) is 6.42 Å². The molecule has 1 aromatic heterocycles. The molecule has 5 heteroatoms. The summed E-state index contributed by atoms with van der Waals surface area (Å²) in [5.74, 6) is 1.04. The smallest absolute Gasteiger partial charge is 0.267 e. The van der Waals surface area contributed by atoms with Crippen molar-refractivity contribution in [2.45, 2.75) is 13.3 Å². The number of rotatable bonds is 5. The van der Waals surface area contributed by atoms with Crippen molar-refractivity contribution in [3.05, 3.63) is 88.7 Å². The Morgan fingerprint density at radius 2 is 1.68 bits per heavy atom. The van der Waals surface area contributed by atoms with E-state index in [0.717, 1.165) is 23.4 Å². The molecule has 0 saturated carbocycles. The maximum absolute atomic E-state index is 13.5. The van der Waals surface area contributed by atoms with Gasteiger partial charge in [0.25, 0.3) is 5.56 Å². The first kappa shape index (κ1) is 17.8. The zero-order chi connectivity index (χ0) is 19.5. The minimum Gasteiger partial charge on any atom is -0.494 e. The van der Waals surface area contributed by atoms with Crippen LogP contribution in [0.1, 0.15) is 12.5 Å². The van der Waals surface area contributed by atoms with Gasteiger partial charge >= 0.3 is 0 Å². The molecule has 0 saturated heterocycles.